The Morgan fingerprint density at radius 1 is 0.278 bits per heavy atom. The molecule has 0 radical (unpaired) electrons. The van der Waals surface area contributed by atoms with Crippen molar-refractivity contribution in [3.05, 3.63) is 259 Å². The highest BCUT2D eigenvalue weighted by atomic mass is 19.4. The van der Waals surface area contributed by atoms with Gasteiger partial charge in [-0.25, -0.2) is 0 Å². The Kier molecular flexibility index (Phi) is 10.8. The fraction of sp³-hybridized carbons (Fsp3) is 0.0290. The van der Waals surface area contributed by atoms with Crippen LogP contribution in [-0.4, -0.2) is 13.7 Å². The number of aromatic nitrogens is 3. The topological polar surface area (TPSA) is 38.6 Å². The predicted octanol–water partition coefficient (Wildman–Crippen LogP) is 19.6. The zero-order valence-corrected chi connectivity index (χ0v) is 41.7. The van der Waals surface area contributed by atoms with E-state index in [1.807, 2.05) is 130 Å². The van der Waals surface area contributed by atoms with Gasteiger partial charge in [-0.05, 0) is 106 Å². The van der Waals surface area contributed by atoms with Crippen molar-refractivity contribution in [2.24, 2.45) is 0 Å². The molecule has 0 unspecified atom stereocenters. The highest BCUT2D eigenvalue weighted by Crippen LogP contribution is 2.53. The Morgan fingerprint density at radius 2 is 0.582 bits per heavy atom. The van der Waals surface area contributed by atoms with Crippen LogP contribution in [0, 0.1) is 11.3 Å². The maximum atomic E-state index is 14.8. The molecule has 0 aliphatic heterocycles. The third-order valence-corrected chi connectivity index (χ3v) is 15.3. The molecule has 0 spiro atoms. The Morgan fingerprint density at radius 3 is 0.949 bits per heavy atom. The minimum Gasteiger partial charge on any atom is -0.308 e. The van der Waals surface area contributed by atoms with Gasteiger partial charge in [0, 0.05) is 43.4 Å². The molecule has 0 bridgehead atoms. The predicted molar refractivity (Wildman–Crippen MR) is 306 cm³/mol. The van der Waals surface area contributed by atoms with E-state index in [-0.39, 0.29) is 5.56 Å². The molecule has 0 saturated carbocycles. The number of halogens is 6. The molecule has 14 rings (SSSR count). The molecule has 0 aliphatic rings. The van der Waals surface area contributed by atoms with Crippen LogP contribution >= 0.6 is 0 Å². The molecule has 378 valence electrons. The van der Waals surface area contributed by atoms with Crippen molar-refractivity contribution in [2.45, 2.75) is 12.4 Å². The number of nitrogens with zero attached hydrogens (tertiary/aromatic N) is 4. The maximum absolute atomic E-state index is 14.8. The molecule has 0 fully saturated rings. The Balaban J connectivity index is 1.27. The smallest absolute Gasteiger partial charge is 0.308 e. The lowest BCUT2D eigenvalue weighted by molar-refractivity contribution is -0.138. The fourth-order valence-corrected chi connectivity index (χ4v) is 11.9. The van der Waals surface area contributed by atoms with Crippen LogP contribution < -0.4 is 0 Å². The Hall–Kier alpha value is -10.1. The van der Waals surface area contributed by atoms with Gasteiger partial charge in [0.2, 0.25) is 0 Å². The van der Waals surface area contributed by atoms with Crippen LogP contribution in [0.4, 0.5) is 26.3 Å². The lowest BCUT2D eigenvalue weighted by Gasteiger charge is -2.28. The van der Waals surface area contributed by atoms with Gasteiger partial charge in [0.15, 0.2) is 0 Å². The number of rotatable bonds is 7. The van der Waals surface area contributed by atoms with Gasteiger partial charge in [0.1, 0.15) is 11.6 Å². The molecule has 3 aromatic heterocycles. The van der Waals surface area contributed by atoms with E-state index in [0.29, 0.717) is 82.9 Å². The van der Waals surface area contributed by atoms with Crippen molar-refractivity contribution in [3.63, 3.8) is 0 Å². The van der Waals surface area contributed by atoms with Crippen LogP contribution in [0.1, 0.15) is 16.7 Å². The summed E-state index contributed by atoms with van der Waals surface area (Å²) in [5.41, 5.74) is 9.88. The van der Waals surface area contributed by atoms with E-state index < -0.39 is 23.5 Å². The van der Waals surface area contributed by atoms with E-state index in [9.17, 15) is 31.6 Å². The summed E-state index contributed by atoms with van der Waals surface area (Å²) in [6.45, 7) is 0. The van der Waals surface area contributed by atoms with Crippen LogP contribution in [0.3, 0.4) is 0 Å². The van der Waals surface area contributed by atoms with E-state index in [2.05, 4.69) is 71.3 Å². The lowest BCUT2D eigenvalue weighted by Crippen LogP contribution is -2.13. The molecular weight excluding hydrogens is 999 g/mol. The summed E-state index contributed by atoms with van der Waals surface area (Å²) < 4.78 is 94.8. The molecule has 0 aliphatic carbocycles. The lowest BCUT2D eigenvalue weighted by atomic mass is 9.88. The number of fused-ring (bicyclic) bond motifs is 9. The first-order chi connectivity index (χ1) is 38.5. The van der Waals surface area contributed by atoms with E-state index in [4.69, 9.17) is 0 Å². The second kappa shape index (κ2) is 18.0. The van der Waals surface area contributed by atoms with Gasteiger partial charge in [-0.3, -0.25) is 0 Å². The van der Waals surface area contributed by atoms with Crippen LogP contribution in [-0.2, 0) is 12.4 Å². The monoisotopic (exact) mass is 1040 g/mol. The normalized spacial score (nSPS) is 12.2. The third kappa shape index (κ3) is 7.53. The van der Waals surface area contributed by atoms with Gasteiger partial charge in [-0.1, -0.05) is 170 Å². The minimum absolute atomic E-state index is 0.130. The molecule has 11 aromatic carbocycles. The quantitative estimate of drug-likeness (QED) is 0.147. The summed E-state index contributed by atoms with van der Waals surface area (Å²) in [6, 6.07) is 77.0. The van der Waals surface area contributed by atoms with E-state index in [1.165, 1.54) is 12.1 Å². The molecule has 10 heteroatoms. The molecular formula is C69H40F6N4. The Bertz CT molecular complexity index is 4500. The molecule has 0 atom stereocenters. The highest BCUT2D eigenvalue weighted by Gasteiger charge is 2.36. The molecule has 0 N–H and O–H groups in total. The SMILES string of the molecule is N#Cc1c(-n2c3ccccc3c3cc(C(F)(F)F)ccc32)c(-c2ccccc2)c(-n2c3ccc(-c4ccccc4)cc3c3cc(-c4ccccc4)ccc32)c(-c2ccccc2)c1-n1c2ccccc2c2cc(C(F)(F)F)ccc21. The highest BCUT2D eigenvalue weighted by molar-refractivity contribution is 6.17. The number of hydrogen-bond donors (Lipinski definition) is 0. The molecule has 0 amide bonds. The van der Waals surface area contributed by atoms with Gasteiger partial charge in [0.25, 0.3) is 0 Å². The average Bonchev–Trinajstić information content (AvgIpc) is 2.77. The largest absolute Gasteiger partial charge is 0.416 e. The van der Waals surface area contributed by atoms with Gasteiger partial charge < -0.3 is 13.7 Å². The molecule has 4 nitrogen and oxygen atoms in total. The molecule has 79 heavy (non-hydrogen) atoms. The first kappa shape index (κ1) is 47.3. The number of hydrogen-bond acceptors (Lipinski definition) is 1. The summed E-state index contributed by atoms with van der Waals surface area (Å²) >= 11 is 0. The minimum atomic E-state index is -4.66. The summed E-state index contributed by atoms with van der Waals surface area (Å²) in [6.07, 6.45) is -9.33. The third-order valence-electron chi connectivity index (χ3n) is 15.3. The van der Waals surface area contributed by atoms with Gasteiger partial charge in [-0.15, -0.1) is 0 Å². The van der Waals surface area contributed by atoms with Gasteiger partial charge >= 0.3 is 12.4 Å². The van der Waals surface area contributed by atoms with Crippen molar-refractivity contribution < 1.29 is 26.3 Å². The van der Waals surface area contributed by atoms with Crippen LogP contribution in [0.5, 0.6) is 0 Å². The van der Waals surface area contributed by atoms with E-state index in [1.54, 1.807) is 24.3 Å². The van der Waals surface area contributed by atoms with E-state index in [0.717, 1.165) is 68.3 Å². The number of para-hydroxylation sites is 2. The zero-order valence-electron chi connectivity index (χ0n) is 41.7. The van der Waals surface area contributed by atoms with Crippen LogP contribution in [0.15, 0.2) is 243 Å². The van der Waals surface area contributed by atoms with Gasteiger partial charge in [0.05, 0.1) is 61.3 Å². The first-order valence-corrected chi connectivity index (χ1v) is 25.6. The average molecular weight is 1040 g/mol. The maximum Gasteiger partial charge on any atom is 0.416 e. The first-order valence-electron chi connectivity index (χ1n) is 25.6. The molecule has 14 aromatic rings. The Labute approximate surface area is 448 Å². The fourth-order valence-electron chi connectivity index (χ4n) is 11.9. The van der Waals surface area contributed by atoms with Crippen LogP contribution in [0.2, 0.25) is 0 Å². The second-order valence-corrected chi connectivity index (χ2v) is 19.7. The summed E-state index contributed by atoms with van der Waals surface area (Å²) in [4.78, 5) is 0. The van der Waals surface area contributed by atoms with Crippen LogP contribution in [0.25, 0.3) is 127 Å². The van der Waals surface area contributed by atoms with E-state index >= 15 is 0 Å². The van der Waals surface area contributed by atoms with Crippen molar-refractivity contribution in [3.8, 4) is 67.6 Å². The van der Waals surface area contributed by atoms with Crippen molar-refractivity contribution in [1.29, 1.82) is 5.26 Å². The standard InChI is InChI=1S/C69H40F6N4/c70-68(71,72)48-31-35-61-54(39-48)50-25-13-15-27-57(50)77(61)65-56(41-76)66(78-58-28-16-14-26-51(58)55-40-49(69(73,74)75)32-36-62(55)78)64(45-23-11-4-12-24-45)67(63(65)44-21-9-3-10-22-44)79-59-33-29-46(42-17-5-1-6-18-42)37-52(59)53-38-47(30-34-60(53)79)43-19-7-2-8-20-43/h1-40H. The second-order valence-electron chi connectivity index (χ2n) is 19.7. The molecule has 3 heterocycles. The number of benzene rings is 11. The summed E-state index contributed by atoms with van der Waals surface area (Å²) in [7, 11) is 0. The summed E-state index contributed by atoms with van der Waals surface area (Å²) in [5.74, 6) is 0. The van der Waals surface area contributed by atoms with Gasteiger partial charge in [-0.2, -0.15) is 31.6 Å². The van der Waals surface area contributed by atoms with Crippen molar-refractivity contribution in [2.75, 3.05) is 0 Å². The van der Waals surface area contributed by atoms with Crippen molar-refractivity contribution >= 4 is 65.4 Å². The summed E-state index contributed by atoms with van der Waals surface area (Å²) in [5, 5.41) is 15.9. The number of alkyl halides is 6. The van der Waals surface area contributed by atoms with Crippen molar-refractivity contribution in [1.82, 2.24) is 13.7 Å². The zero-order chi connectivity index (χ0) is 53.7. The molecule has 0 saturated heterocycles. The number of nitriles is 1.